The third-order valence-corrected chi connectivity index (χ3v) is 4.15. The molecule has 0 amide bonds. The Balaban J connectivity index is 2.50. The number of alkyl halides is 3. The Morgan fingerprint density at radius 1 is 1.40 bits per heavy atom. The van der Waals surface area contributed by atoms with Crippen LogP contribution in [0.25, 0.3) is 0 Å². The van der Waals surface area contributed by atoms with Crippen molar-refractivity contribution in [2.45, 2.75) is 25.9 Å². The smallest absolute Gasteiger partial charge is 0.416 e. The highest BCUT2D eigenvalue weighted by molar-refractivity contribution is 5.86. The second-order valence-electron chi connectivity index (χ2n) is 5.50. The zero-order valence-corrected chi connectivity index (χ0v) is 10.8. The summed E-state index contributed by atoms with van der Waals surface area (Å²) in [7, 11) is 0. The monoisotopic (exact) mass is 283 g/mol. The molecule has 1 aliphatic rings. The molecule has 106 valence electrons. The van der Waals surface area contributed by atoms with Crippen molar-refractivity contribution in [2.75, 3.05) is 0 Å². The van der Waals surface area contributed by atoms with Crippen molar-refractivity contribution in [3.63, 3.8) is 0 Å². The minimum absolute atomic E-state index is 0.230. The average Bonchev–Trinajstić information content (AvgIpc) is 2.86. The minimum Gasteiger partial charge on any atom is -0.480 e. The Bertz CT molecular complexity index is 616. The van der Waals surface area contributed by atoms with Crippen LogP contribution in [-0.4, -0.2) is 11.1 Å². The quantitative estimate of drug-likeness (QED) is 0.904. The summed E-state index contributed by atoms with van der Waals surface area (Å²) in [6, 6.07) is 6.28. The van der Waals surface area contributed by atoms with Gasteiger partial charge in [0.15, 0.2) is 5.41 Å². The molecule has 2 unspecified atom stereocenters. The number of rotatable bonds is 2. The van der Waals surface area contributed by atoms with Crippen LogP contribution in [0.3, 0.4) is 0 Å². The molecule has 0 bridgehead atoms. The van der Waals surface area contributed by atoms with Gasteiger partial charge in [-0.05, 0) is 11.6 Å². The molecule has 0 aliphatic heterocycles. The van der Waals surface area contributed by atoms with Gasteiger partial charge in [-0.25, -0.2) is 0 Å². The number of carbonyl (C=O) groups is 1. The molecule has 2 rings (SSSR count). The van der Waals surface area contributed by atoms with E-state index in [1.54, 1.807) is 19.9 Å². The molecule has 1 aromatic carbocycles. The largest absolute Gasteiger partial charge is 0.480 e. The van der Waals surface area contributed by atoms with Gasteiger partial charge in [-0.15, -0.1) is 0 Å². The molecule has 2 atom stereocenters. The van der Waals surface area contributed by atoms with Crippen LogP contribution < -0.4 is 0 Å². The van der Waals surface area contributed by atoms with Gasteiger partial charge in [0.2, 0.25) is 0 Å². The number of hydrogen-bond acceptors (Lipinski definition) is 2. The lowest BCUT2D eigenvalue weighted by Crippen LogP contribution is -2.19. The van der Waals surface area contributed by atoms with Crippen molar-refractivity contribution < 1.29 is 23.1 Å². The molecule has 0 spiro atoms. The van der Waals surface area contributed by atoms with E-state index in [4.69, 9.17) is 0 Å². The first-order chi connectivity index (χ1) is 9.09. The summed E-state index contributed by atoms with van der Waals surface area (Å²) in [4.78, 5) is 11.4. The number of carboxylic acids is 1. The van der Waals surface area contributed by atoms with E-state index in [0.29, 0.717) is 0 Å². The summed E-state index contributed by atoms with van der Waals surface area (Å²) in [5.41, 5.74) is -3.18. The Kier molecular flexibility index (Phi) is 2.86. The maximum atomic E-state index is 12.7. The lowest BCUT2D eigenvalue weighted by atomic mass is 9.98. The van der Waals surface area contributed by atoms with Crippen molar-refractivity contribution in [2.24, 2.45) is 10.8 Å². The summed E-state index contributed by atoms with van der Waals surface area (Å²) in [6.07, 6.45) is -4.49. The number of nitrogens with zero attached hydrogens (tertiary/aromatic N) is 1. The zero-order valence-electron chi connectivity index (χ0n) is 10.8. The van der Waals surface area contributed by atoms with E-state index in [1.807, 2.05) is 0 Å². The number of hydrogen-bond donors (Lipinski definition) is 1. The van der Waals surface area contributed by atoms with Crippen molar-refractivity contribution in [1.29, 1.82) is 5.26 Å². The molecule has 1 aliphatic carbocycles. The highest BCUT2D eigenvalue weighted by Crippen LogP contribution is 2.73. The maximum absolute atomic E-state index is 12.7. The number of aliphatic carboxylic acids is 1. The number of carboxylic acid groups (broad SMARTS) is 1. The standard InChI is InChI=1S/C14H12F3NO2/c1-12(2)10(13(12,7-18)11(19)20)8-4-3-5-9(6-8)14(15,16)17/h3-6,10H,1-2H3,(H,19,20). The molecule has 0 heterocycles. The zero-order chi connectivity index (χ0) is 15.3. The molecule has 6 heteroatoms. The van der Waals surface area contributed by atoms with Crippen LogP contribution in [0.4, 0.5) is 13.2 Å². The molecule has 0 aromatic heterocycles. The predicted molar refractivity (Wildman–Crippen MR) is 63.6 cm³/mol. The fourth-order valence-electron chi connectivity index (χ4n) is 2.98. The number of benzene rings is 1. The second kappa shape index (κ2) is 3.98. The van der Waals surface area contributed by atoms with E-state index in [2.05, 4.69) is 0 Å². The number of nitriles is 1. The molecular weight excluding hydrogens is 271 g/mol. The van der Waals surface area contributed by atoms with Crippen LogP contribution in [0.5, 0.6) is 0 Å². The van der Waals surface area contributed by atoms with Gasteiger partial charge in [0.05, 0.1) is 11.6 Å². The maximum Gasteiger partial charge on any atom is 0.416 e. The molecule has 1 aromatic rings. The van der Waals surface area contributed by atoms with Gasteiger partial charge in [-0.2, -0.15) is 18.4 Å². The van der Waals surface area contributed by atoms with Crippen molar-refractivity contribution >= 4 is 5.97 Å². The van der Waals surface area contributed by atoms with Crippen molar-refractivity contribution in [1.82, 2.24) is 0 Å². The van der Waals surface area contributed by atoms with Gasteiger partial charge in [-0.1, -0.05) is 32.0 Å². The topological polar surface area (TPSA) is 61.1 Å². The molecule has 20 heavy (non-hydrogen) atoms. The van der Waals surface area contributed by atoms with Gasteiger partial charge >= 0.3 is 12.1 Å². The van der Waals surface area contributed by atoms with Gasteiger partial charge < -0.3 is 5.11 Å². The Morgan fingerprint density at radius 3 is 2.40 bits per heavy atom. The van der Waals surface area contributed by atoms with Crippen LogP contribution in [0, 0.1) is 22.2 Å². The average molecular weight is 283 g/mol. The first kappa shape index (κ1) is 14.4. The third kappa shape index (κ3) is 1.69. The third-order valence-electron chi connectivity index (χ3n) is 4.15. The lowest BCUT2D eigenvalue weighted by Gasteiger charge is -2.09. The van der Waals surface area contributed by atoms with Crippen LogP contribution in [0.1, 0.15) is 30.9 Å². The molecule has 1 fully saturated rings. The fourth-order valence-corrected chi connectivity index (χ4v) is 2.98. The minimum atomic E-state index is -4.49. The van der Waals surface area contributed by atoms with E-state index in [0.717, 1.165) is 12.1 Å². The van der Waals surface area contributed by atoms with E-state index < -0.39 is 34.5 Å². The molecular formula is C14H12F3NO2. The molecule has 1 N–H and O–H groups in total. The Hall–Kier alpha value is -2.03. The van der Waals surface area contributed by atoms with Crippen molar-refractivity contribution in [3.05, 3.63) is 35.4 Å². The van der Waals surface area contributed by atoms with Crippen LogP contribution in [0.15, 0.2) is 24.3 Å². The summed E-state index contributed by atoms with van der Waals surface area (Å²) in [5.74, 6) is -2.05. The first-order valence-corrected chi connectivity index (χ1v) is 5.91. The van der Waals surface area contributed by atoms with Crippen LogP contribution in [-0.2, 0) is 11.0 Å². The van der Waals surface area contributed by atoms with E-state index >= 15 is 0 Å². The van der Waals surface area contributed by atoms with E-state index in [1.165, 1.54) is 12.1 Å². The normalized spacial score (nSPS) is 27.7. The fraction of sp³-hybridized carbons (Fsp3) is 0.429. The predicted octanol–water partition coefficient (Wildman–Crippen LogP) is 3.42. The van der Waals surface area contributed by atoms with Gasteiger partial charge in [0.25, 0.3) is 0 Å². The molecule has 1 saturated carbocycles. The van der Waals surface area contributed by atoms with Crippen LogP contribution >= 0.6 is 0 Å². The van der Waals surface area contributed by atoms with E-state index in [9.17, 15) is 28.3 Å². The molecule has 3 nitrogen and oxygen atoms in total. The number of halogens is 3. The van der Waals surface area contributed by atoms with Gasteiger partial charge in [0.1, 0.15) is 0 Å². The molecule has 0 saturated heterocycles. The highest BCUT2D eigenvalue weighted by atomic mass is 19.4. The van der Waals surface area contributed by atoms with Crippen LogP contribution in [0.2, 0.25) is 0 Å². The summed E-state index contributed by atoms with van der Waals surface area (Å²) >= 11 is 0. The highest BCUT2D eigenvalue weighted by Gasteiger charge is 2.77. The SMILES string of the molecule is CC1(C)C(c2cccc(C(F)(F)F)c2)C1(C#N)C(=O)O. The Morgan fingerprint density at radius 2 is 2.00 bits per heavy atom. The Labute approximate surface area is 113 Å². The van der Waals surface area contributed by atoms with Gasteiger partial charge in [0, 0.05) is 11.3 Å². The van der Waals surface area contributed by atoms with Crippen molar-refractivity contribution in [3.8, 4) is 6.07 Å². The summed E-state index contributed by atoms with van der Waals surface area (Å²) in [5, 5.41) is 18.4. The second-order valence-corrected chi connectivity index (χ2v) is 5.50. The van der Waals surface area contributed by atoms with Gasteiger partial charge in [-0.3, -0.25) is 4.79 Å². The van der Waals surface area contributed by atoms with E-state index in [-0.39, 0.29) is 5.56 Å². The lowest BCUT2D eigenvalue weighted by molar-refractivity contribution is -0.142. The molecule has 0 radical (unpaired) electrons. The summed E-state index contributed by atoms with van der Waals surface area (Å²) < 4.78 is 38.1. The first-order valence-electron chi connectivity index (χ1n) is 5.91. The summed E-state index contributed by atoms with van der Waals surface area (Å²) in [6.45, 7) is 3.16.